The Kier molecular flexibility index (Phi) is 6.90. The SMILES string of the molecule is CC(C)(C)OC(=O)NC(CC(=O)N1CCn2c(nnc2C(F)(F)F)C1)C1CC(O)c2cc(F)c(F)cc21. The third-order valence-electron chi connectivity index (χ3n) is 6.30. The Labute approximate surface area is 208 Å². The number of nitrogens with one attached hydrogen (secondary N) is 1. The number of alkyl carbamates (subject to hydrolysis) is 1. The lowest BCUT2D eigenvalue weighted by molar-refractivity contribution is -0.148. The molecule has 0 spiro atoms. The van der Waals surface area contributed by atoms with E-state index in [0.29, 0.717) is 0 Å². The van der Waals surface area contributed by atoms with Gasteiger partial charge >= 0.3 is 12.3 Å². The second kappa shape index (κ2) is 9.54. The van der Waals surface area contributed by atoms with E-state index >= 15 is 0 Å². The van der Waals surface area contributed by atoms with Crippen LogP contribution in [0.4, 0.5) is 26.7 Å². The molecule has 2 heterocycles. The van der Waals surface area contributed by atoms with Crippen molar-refractivity contribution >= 4 is 12.0 Å². The van der Waals surface area contributed by atoms with Crippen LogP contribution in [0.1, 0.15) is 68.4 Å². The number of rotatable bonds is 4. The van der Waals surface area contributed by atoms with Gasteiger partial charge in [-0.25, -0.2) is 13.6 Å². The number of aromatic nitrogens is 3. The summed E-state index contributed by atoms with van der Waals surface area (Å²) in [6, 6.07) is 0.827. The number of carbonyl (C=O) groups excluding carboxylic acids is 2. The highest BCUT2D eigenvalue weighted by Crippen LogP contribution is 2.44. The number of ether oxygens (including phenoxy) is 1. The molecule has 0 fully saturated rings. The number of benzene rings is 1. The van der Waals surface area contributed by atoms with Crippen molar-refractivity contribution in [3.63, 3.8) is 0 Å². The molecule has 4 rings (SSSR count). The van der Waals surface area contributed by atoms with Gasteiger partial charge in [-0.2, -0.15) is 13.2 Å². The van der Waals surface area contributed by atoms with E-state index in [2.05, 4.69) is 15.5 Å². The number of amides is 2. The van der Waals surface area contributed by atoms with Crippen LogP contribution in [0.5, 0.6) is 0 Å². The highest BCUT2D eigenvalue weighted by molar-refractivity contribution is 5.78. The molecule has 3 unspecified atom stereocenters. The molecule has 1 aromatic heterocycles. The molecule has 0 radical (unpaired) electrons. The number of halogens is 5. The predicted molar refractivity (Wildman–Crippen MR) is 117 cm³/mol. The largest absolute Gasteiger partial charge is 0.451 e. The van der Waals surface area contributed by atoms with Gasteiger partial charge in [-0.15, -0.1) is 10.2 Å². The summed E-state index contributed by atoms with van der Waals surface area (Å²) in [5.41, 5.74) is -0.472. The molecule has 1 aromatic carbocycles. The monoisotopic (exact) mass is 531 g/mol. The van der Waals surface area contributed by atoms with Crippen molar-refractivity contribution in [3.8, 4) is 0 Å². The summed E-state index contributed by atoms with van der Waals surface area (Å²) in [7, 11) is 0. The fourth-order valence-electron chi connectivity index (χ4n) is 4.71. The van der Waals surface area contributed by atoms with Gasteiger partial charge < -0.3 is 24.6 Å². The lowest BCUT2D eigenvalue weighted by Gasteiger charge is -2.32. The number of fused-ring (bicyclic) bond motifs is 2. The van der Waals surface area contributed by atoms with E-state index in [1.54, 1.807) is 20.8 Å². The first-order valence-electron chi connectivity index (χ1n) is 11.6. The van der Waals surface area contributed by atoms with Gasteiger partial charge in [-0.3, -0.25) is 4.79 Å². The molecule has 1 aliphatic carbocycles. The van der Waals surface area contributed by atoms with Gasteiger partial charge in [0.15, 0.2) is 17.5 Å². The van der Waals surface area contributed by atoms with Gasteiger partial charge in [0, 0.05) is 31.5 Å². The van der Waals surface area contributed by atoms with Crippen LogP contribution in [0, 0.1) is 11.6 Å². The van der Waals surface area contributed by atoms with Crippen LogP contribution in [-0.2, 0) is 28.8 Å². The van der Waals surface area contributed by atoms with E-state index in [-0.39, 0.29) is 49.4 Å². The first-order valence-corrected chi connectivity index (χ1v) is 11.6. The molecule has 0 saturated heterocycles. The molecule has 0 bridgehead atoms. The summed E-state index contributed by atoms with van der Waals surface area (Å²) in [4.78, 5) is 27.1. The Hall–Kier alpha value is -3.29. The molecule has 202 valence electrons. The number of nitrogens with zero attached hydrogens (tertiary/aromatic N) is 4. The van der Waals surface area contributed by atoms with Crippen LogP contribution in [-0.4, -0.2) is 55.0 Å². The van der Waals surface area contributed by atoms with Crippen molar-refractivity contribution in [1.82, 2.24) is 25.0 Å². The van der Waals surface area contributed by atoms with Crippen molar-refractivity contribution in [2.45, 2.75) is 76.5 Å². The Bertz CT molecular complexity index is 1210. The number of carbonyl (C=O) groups is 2. The first-order chi connectivity index (χ1) is 17.1. The maximum absolute atomic E-state index is 14.1. The average Bonchev–Trinajstić information content (AvgIpc) is 3.33. The van der Waals surface area contributed by atoms with Gasteiger partial charge in [0.2, 0.25) is 11.7 Å². The number of hydrogen-bond donors (Lipinski definition) is 2. The maximum atomic E-state index is 14.1. The summed E-state index contributed by atoms with van der Waals surface area (Å²) in [6.45, 7) is 4.44. The second-order valence-electron chi connectivity index (χ2n) is 10.1. The van der Waals surface area contributed by atoms with Gasteiger partial charge in [-0.1, -0.05) is 0 Å². The topological polar surface area (TPSA) is 110 Å². The zero-order valence-corrected chi connectivity index (χ0v) is 20.3. The minimum absolute atomic E-state index is 0.0186. The lowest BCUT2D eigenvalue weighted by Crippen LogP contribution is -2.46. The van der Waals surface area contributed by atoms with Crippen LogP contribution >= 0.6 is 0 Å². The molecule has 14 heteroatoms. The van der Waals surface area contributed by atoms with Crippen LogP contribution in [0.15, 0.2) is 12.1 Å². The second-order valence-corrected chi connectivity index (χ2v) is 10.1. The Morgan fingerprint density at radius 2 is 1.78 bits per heavy atom. The van der Waals surface area contributed by atoms with Crippen LogP contribution < -0.4 is 5.32 Å². The Morgan fingerprint density at radius 1 is 1.14 bits per heavy atom. The number of aliphatic hydroxyl groups excluding tert-OH is 1. The molecule has 2 N–H and O–H groups in total. The summed E-state index contributed by atoms with van der Waals surface area (Å²) < 4.78 is 73.4. The smallest absolute Gasteiger partial charge is 0.444 e. The summed E-state index contributed by atoms with van der Waals surface area (Å²) >= 11 is 0. The minimum atomic E-state index is -4.69. The number of hydrogen-bond acceptors (Lipinski definition) is 6. The molecule has 0 saturated carbocycles. The molecular weight excluding hydrogens is 505 g/mol. The van der Waals surface area contributed by atoms with Gasteiger partial charge in [0.1, 0.15) is 5.60 Å². The Balaban J connectivity index is 1.57. The number of aliphatic hydroxyl groups is 1. The van der Waals surface area contributed by atoms with E-state index in [4.69, 9.17) is 4.74 Å². The molecule has 2 aromatic rings. The molecule has 37 heavy (non-hydrogen) atoms. The third-order valence-corrected chi connectivity index (χ3v) is 6.30. The fraction of sp³-hybridized carbons (Fsp3) is 0.565. The minimum Gasteiger partial charge on any atom is -0.444 e. The van der Waals surface area contributed by atoms with Crippen molar-refractivity contribution in [3.05, 3.63) is 46.5 Å². The van der Waals surface area contributed by atoms with Crippen molar-refractivity contribution in [2.75, 3.05) is 6.54 Å². The van der Waals surface area contributed by atoms with Crippen molar-refractivity contribution in [1.29, 1.82) is 0 Å². The van der Waals surface area contributed by atoms with Crippen LogP contribution in [0.2, 0.25) is 0 Å². The molecule has 2 aliphatic rings. The molecule has 9 nitrogen and oxygen atoms in total. The zero-order chi connectivity index (χ0) is 27.3. The number of alkyl halides is 3. The average molecular weight is 531 g/mol. The first kappa shape index (κ1) is 26.8. The van der Waals surface area contributed by atoms with Crippen LogP contribution in [0.3, 0.4) is 0 Å². The normalized spacial score (nSPS) is 20.3. The molecule has 2 amide bonds. The highest BCUT2D eigenvalue weighted by atomic mass is 19.4. The fourth-order valence-corrected chi connectivity index (χ4v) is 4.71. The standard InChI is InChI=1S/C23H26F5N5O4/c1-22(2,3)37-21(36)29-16(12-8-17(34)13-7-15(25)14(24)6-11(12)13)9-19(35)32-4-5-33-18(10-32)30-31-20(33)23(26,27)28/h6-7,12,16-17,34H,4-5,8-10H2,1-3H3,(H,29,36). The predicted octanol–water partition coefficient (Wildman–Crippen LogP) is 3.42. The zero-order valence-electron chi connectivity index (χ0n) is 20.3. The quantitative estimate of drug-likeness (QED) is 0.586. The van der Waals surface area contributed by atoms with E-state index in [0.717, 1.165) is 16.7 Å². The third kappa shape index (κ3) is 5.68. The lowest BCUT2D eigenvalue weighted by atomic mass is 9.90. The van der Waals surface area contributed by atoms with E-state index in [9.17, 15) is 36.6 Å². The van der Waals surface area contributed by atoms with E-state index < -0.39 is 59.3 Å². The summed E-state index contributed by atoms with van der Waals surface area (Å²) in [5.74, 6) is -4.75. The van der Waals surface area contributed by atoms with Gasteiger partial charge in [0.25, 0.3) is 0 Å². The molecule has 1 aliphatic heterocycles. The highest BCUT2D eigenvalue weighted by Gasteiger charge is 2.42. The Morgan fingerprint density at radius 3 is 2.41 bits per heavy atom. The summed E-state index contributed by atoms with van der Waals surface area (Å²) in [6.07, 6.45) is -7.05. The molecule has 3 atom stereocenters. The van der Waals surface area contributed by atoms with E-state index in [1.165, 1.54) is 4.90 Å². The van der Waals surface area contributed by atoms with Gasteiger partial charge in [0.05, 0.1) is 12.6 Å². The van der Waals surface area contributed by atoms with Crippen LogP contribution in [0.25, 0.3) is 0 Å². The maximum Gasteiger partial charge on any atom is 0.451 e. The van der Waals surface area contributed by atoms with E-state index in [1.807, 2.05) is 0 Å². The van der Waals surface area contributed by atoms with Gasteiger partial charge in [-0.05, 0) is 50.5 Å². The van der Waals surface area contributed by atoms with Crippen molar-refractivity contribution < 1.29 is 41.4 Å². The summed E-state index contributed by atoms with van der Waals surface area (Å²) in [5, 5.41) is 19.8. The van der Waals surface area contributed by atoms with Crippen molar-refractivity contribution in [2.24, 2.45) is 0 Å². The molecular formula is C23H26F5N5O4.